The number of piperidine rings is 1. The molecule has 1 saturated heterocycles. The molecular formula is C17H15N3O4S. The minimum atomic E-state index is -0.472. The Labute approximate surface area is 146 Å². The summed E-state index contributed by atoms with van der Waals surface area (Å²) >= 11 is 1.54. The highest BCUT2D eigenvalue weighted by Crippen LogP contribution is 2.30. The highest BCUT2D eigenvalue weighted by atomic mass is 32.1. The van der Waals surface area contributed by atoms with Gasteiger partial charge in [-0.2, -0.15) is 0 Å². The molecule has 0 N–H and O–H groups in total. The zero-order valence-electron chi connectivity index (χ0n) is 13.3. The molecular weight excluding hydrogens is 342 g/mol. The molecule has 4 heterocycles. The predicted octanol–water partition coefficient (Wildman–Crippen LogP) is 2.77. The van der Waals surface area contributed by atoms with Crippen molar-refractivity contribution in [1.29, 1.82) is 0 Å². The molecule has 4 rings (SSSR count). The van der Waals surface area contributed by atoms with Crippen molar-refractivity contribution in [2.75, 3.05) is 13.1 Å². The van der Waals surface area contributed by atoms with Gasteiger partial charge in [-0.15, -0.1) is 21.5 Å². The molecule has 1 fully saturated rings. The Balaban J connectivity index is 1.50. The van der Waals surface area contributed by atoms with Crippen molar-refractivity contribution in [3.05, 3.63) is 57.8 Å². The first kappa shape index (κ1) is 15.8. The Kier molecular flexibility index (Phi) is 4.19. The van der Waals surface area contributed by atoms with E-state index >= 15 is 0 Å². The van der Waals surface area contributed by atoms with Crippen LogP contribution < -0.4 is 5.63 Å². The number of carbonyl (C=O) groups excluding carboxylic acids is 1. The van der Waals surface area contributed by atoms with Crippen molar-refractivity contribution in [2.45, 2.75) is 18.8 Å². The van der Waals surface area contributed by atoms with Crippen molar-refractivity contribution in [3.63, 3.8) is 0 Å². The maximum absolute atomic E-state index is 12.6. The number of rotatable bonds is 3. The molecule has 1 amide bonds. The van der Waals surface area contributed by atoms with Gasteiger partial charge in [0, 0.05) is 19.2 Å². The van der Waals surface area contributed by atoms with E-state index in [4.69, 9.17) is 8.83 Å². The van der Waals surface area contributed by atoms with Gasteiger partial charge in [-0.3, -0.25) is 4.79 Å². The molecule has 1 aliphatic heterocycles. The van der Waals surface area contributed by atoms with Crippen molar-refractivity contribution < 1.29 is 13.6 Å². The molecule has 0 aromatic carbocycles. The van der Waals surface area contributed by atoms with E-state index in [1.807, 2.05) is 17.5 Å². The van der Waals surface area contributed by atoms with Gasteiger partial charge in [0.2, 0.25) is 5.89 Å². The summed E-state index contributed by atoms with van der Waals surface area (Å²) in [5.41, 5.74) is -0.106. The summed E-state index contributed by atoms with van der Waals surface area (Å²) in [6.07, 6.45) is 2.94. The van der Waals surface area contributed by atoms with Gasteiger partial charge < -0.3 is 13.7 Å². The average Bonchev–Trinajstić information content (AvgIpc) is 3.33. The minimum Gasteiger partial charge on any atom is -0.430 e. The van der Waals surface area contributed by atoms with E-state index in [-0.39, 0.29) is 11.8 Å². The van der Waals surface area contributed by atoms with Crippen LogP contribution in [0.1, 0.15) is 35.0 Å². The van der Waals surface area contributed by atoms with Gasteiger partial charge in [-0.25, -0.2) is 4.79 Å². The lowest BCUT2D eigenvalue weighted by Gasteiger charge is -2.31. The number of hydrogen-bond donors (Lipinski definition) is 0. The number of thiophene rings is 1. The van der Waals surface area contributed by atoms with Gasteiger partial charge in [0.1, 0.15) is 6.26 Å². The smallest absolute Gasteiger partial charge is 0.335 e. The first-order valence-corrected chi connectivity index (χ1v) is 8.84. The Morgan fingerprint density at radius 1 is 1.28 bits per heavy atom. The quantitative estimate of drug-likeness (QED) is 0.716. The van der Waals surface area contributed by atoms with Crippen LogP contribution in [0.3, 0.4) is 0 Å². The van der Waals surface area contributed by atoms with Crippen molar-refractivity contribution in [2.24, 2.45) is 0 Å². The summed E-state index contributed by atoms with van der Waals surface area (Å²) in [4.78, 5) is 26.3. The number of aromatic nitrogens is 2. The number of hydrogen-bond acceptors (Lipinski definition) is 7. The topological polar surface area (TPSA) is 89.4 Å². The molecule has 8 heteroatoms. The van der Waals surface area contributed by atoms with E-state index in [2.05, 4.69) is 10.2 Å². The summed E-state index contributed by atoms with van der Waals surface area (Å²) in [5, 5.41) is 10.2. The van der Waals surface area contributed by atoms with Gasteiger partial charge in [-0.1, -0.05) is 6.07 Å². The molecule has 1 atom stereocenters. The third-order valence-electron chi connectivity index (χ3n) is 4.18. The van der Waals surface area contributed by atoms with Crippen molar-refractivity contribution >= 4 is 17.2 Å². The van der Waals surface area contributed by atoms with Crippen LogP contribution in [-0.2, 0) is 0 Å². The molecule has 128 valence electrons. The summed E-state index contributed by atoms with van der Waals surface area (Å²) in [7, 11) is 0. The lowest BCUT2D eigenvalue weighted by Crippen LogP contribution is -2.39. The molecule has 1 unspecified atom stereocenters. The minimum absolute atomic E-state index is 0.00892. The van der Waals surface area contributed by atoms with Gasteiger partial charge in [0.15, 0.2) is 0 Å². The van der Waals surface area contributed by atoms with E-state index in [1.54, 1.807) is 16.2 Å². The van der Waals surface area contributed by atoms with Crippen molar-refractivity contribution in [1.82, 2.24) is 15.1 Å². The van der Waals surface area contributed by atoms with Crippen LogP contribution in [-0.4, -0.2) is 34.1 Å². The average molecular weight is 357 g/mol. The van der Waals surface area contributed by atoms with Crippen LogP contribution in [0.15, 0.2) is 49.5 Å². The lowest BCUT2D eigenvalue weighted by molar-refractivity contribution is 0.0695. The first-order chi connectivity index (χ1) is 12.2. The molecule has 0 bridgehead atoms. The molecule has 3 aromatic heterocycles. The molecule has 0 radical (unpaired) electrons. The maximum Gasteiger partial charge on any atom is 0.335 e. The zero-order valence-corrected chi connectivity index (χ0v) is 14.1. The van der Waals surface area contributed by atoms with Gasteiger partial charge in [-0.05, 0) is 30.4 Å². The molecule has 7 nitrogen and oxygen atoms in total. The molecule has 25 heavy (non-hydrogen) atoms. The second-order valence-electron chi connectivity index (χ2n) is 5.86. The van der Waals surface area contributed by atoms with Crippen LogP contribution in [0.4, 0.5) is 0 Å². The molecule has 0 spiro atoms. The fraction of sp³-hybridized carbons (Fsp3) is 0.294. The van der Waals surface area contributed by atoms with Gasteiger partial charge >= 0.3 is 5.63 Å². The lowest BCUT2D eigenvalue weighted by atomic mass is 9.97. The number of amides is 1. The normalized spacial score (nSPS) is 17.6. The first-order valence-electron chi connectivity index (χ1n) is 7.96. The van der Waals surface area contributed by atoms with E-state index < -0.39 is 5.63 Å². The Bertz CT molecular complexity index is 911. The Morgan fingerprint density at radius 2 is 2.20 bits per heavy atom. The van der Waals surface area contributed by atoms with E-state index in [9.17, 15) is 9.59 Å². The third-order valence-corrected chi connectivity index (χ3v) is 5.04. The van der Waals surface area contributed by atoms with Crippen LogP contribution in [0, 0.1) is 0 Å². The fourth-order valence-corrected chi connectivity index (χ4v) is 3.57. The highest BCUT2D eigenvalue weighted by molar-refractivity contribution is 7.13. The third kappa shape index (κ3) is 3.25. The number of carbonyl (C=O) groups is 1. The van der Waals surface area contributed by atoms with Crippen LogP contribution >= 0.6 is 11.3 Å². The summed E-state index contributed by atoms with van der Waals surface area (Å²) < 4.78 is 10.6. The van der Waals surface area contributed by atoms with Crippen LogP contribution in [0.5, 0.6) is 0 Å². The van der Waals surface area contributed by atoms with Gasteiger partial charge in [0.05, 0.1) is 16.4 Å². The van der Waals surface area contributed by atoms with E-state index in [1.165, 1.54) is 18.4 Å². The Morgan fingerprint density at radius 3 is 2.96 bits per heavy atom. The molecule has 1 aliphatic rings. The molecule has 3 aromatic rings. The van der Waals surface area contributed by atoms with Crippen LogP contribution in [0.2, 0.25) is 0 Å². The summed E-state index contributed by atoms with van der Waals surface area (Å²) in [6, 6.07) is 6.60. The molecule has 0 saturated carbocycles. The summed E-state index contributed by atoms with van der Waals surface area (Å²) in [6.45, 7) is 1.16. The fourth-order valence-electron chi connectivity index (χ4n) is 2.92. The second kappa shape index (κ2) is 6.64. The van der Waals surface area contributed by atoms with E-state index in [0.29, 0.717) is 30.4 Å². The zero-order chi connectivity index (χ0) is 17.2. The standard InChI is InChI=1S/C17H15N3O4S/c21-14-6-5-12(10-23-14)17(22)20-7-1-3-11(9-20)15-18-19-16(24-15)13-4-2-8-25-13/h2,4-6,8,10-11H,1,3,7,9H2. The summed E-state index contributed by atoms with van der Waals surface area (Å²) in [5.74, 6) is 0.917. The maximum atomic E-state index is 12.6. The van der Waals surface area contributed by atoms with Gasteiger partial charge in [0.25, 0.3) is 11.8 Å². The highest BCUT2D eigenvalue weighted by Gasteiger charge is 2.29. The van der Waals surface area contributed by atoms with E-state index in [0.717, 1.165) is 17.7 Å². The molecule has 0 aliphatic carbocycles. The predicted molar refractivity (Wildman–Crippen MR) is 90.5 cm³/mol. The largest absolute Gasteiger partial charge is 0.430 e. The Hall–Kier alpha value is -2.74. The van der Waals surface area contributed by atoms with Crippen molar-refractivity contribution in [3.8, 4) is 10.8 Å². The number of likely N-dealkylation sites (tertiary alicyclic amines) is 1. The second-order valence-corrected chi connectivity index (χ2v) is 6.80. The van der Waals surface area contributed by atoms with Crippen LogP contribution in [0.25, 0.3) is 10.8 Å². The monoisotopic (exact) mass is 357 g/mol. The number of nitrogens with zero attached hydrogens (tertiary/aromatic N) is 3. The SMILES string of the molecule is O=C(c1ccc(=O)oc1)N1CCCC(c2nnc(-c3cccs3)o2)C1.